The van der Waals surface area contributed by atoms with Crippen molar-refractivity contribution in [1.82, 2.24) is 30.4 Å². The van der Waals surface area contributed by atoms with Crippen LogP contribution in [0.3, 0.4) is 0 Å². The highest BCUT2D eigenvalue weighted by atomic mass is 16.5. The molecule has 0 radical (unpaired) electrons. The second-order valence-electron chi connectivity index (χ2n) is 8.02. The molecule has 2 fully saturated rings. The molecule has 4 rings (SSSR count). The normalized spacial score (nSPS) is 19.5. The van der Waals surface area contributed by atoms with Crippen LogP contribution >= 0.6 is 0 Å². The average Bonchev–Trinajstić information content (AvgIpc) is 3.49. The molecule has 0 unspecified atom stereocenters. The van der Waals surface area contributed by atoms with Gasteiger partial charge in [0.15, 0.2) is 5.82 Å². The third-order valence-corrected chi connectivity index (χ3v) is 5.93. The Labute approximate surface area is 170 Å². The highest BCUT2D eigenvalue weighted by molar-refractivity contribution is 5.90. The number of hydrogen-bond donors (Lipinski definition) is 2. The van der Waals surface area contributed by atoms with Crippen molar-refractivity contribution in [2.24, 2.45) is 0 Å². The lowest BCUT2D eigenvalue weighted by Crippen LogP contribution is -2.57. The Morgan fingerprint density at radius 3 is 2.83 bits per heavy atom. The van der Waals surface area contributed by atoms with Gasteiger partial charge in [0.2, 0.25) is 0 Å². The number of morpholine rings is 1. The summed E-state index contributed by atoms with van der Waals surface area (Å²) in [7, 11) is 0. The van der Waals surface area contributed by atoms with Crippen molar-refractivity contribution >= 4 is 11.7 Å². The molecule has 2 aliphatic rings. The van der Waals surface area contributed by atoms with E-state index < -0.39 is 0 Å². The van der Waals surface area contributed by atoms with Gasteiger partial charge < -0.3 is 15.4 Å². The summed E-state index contributed by atoms with van der Waals surface area (Å²) in [5.74, 6) is 0.738. The van der Waals surface area contributed by atoms with Gasteiger partial charge in [-0.2, -0.15) is 0 Å². The Balaban J connectivity index is 1.37. The smallest absolute Gasteiger partial charge is 0.319 e. The summed E-state index contributed by atoms with van der Waals surface area (Å²) in [6, 6.07) is 7.82. The maximum Gasteiger partial charge on any atom is 0.319 e. The van der Waals surface area contributed by atoms with Crippen LogP contribution in [0.15, 0.2) is 24.3 Å². The van der Waals surface area contributed by atoms with Crippen LogP contribution in [0.2, 0.25) is 0 Å². The molecule has 1 aliphatic heterocycles. The first-order valence-electron chi connectivity index (χ1n) is 10.3. The summed E-state index contributed by atoms with van der Waals surface area (Å²) in [6.45, 7) is 8.20. The molecule has 9 nitrogen and oxygen atoms in total. The summed E-state index contributed by atoms with van der Waals surface area (Å²) in [5, 5.41) is 18.0. The van der Waals surface area contributed by atoms with Crippen LogP contribution in [0, 0.1) is 0 Å². The molecule has 1 aromatic heterocycles. The van der Waals surface area contributed by atoms with Crippen LogP contribution in [-0.4, -0.2) is 69.5 Å². The fourth-order valence-electron chi connectivity index (χ4n) is 3.69. The lowest BCUT2D eigenvalue weighted by molar-refractivity contribution is -0.0163. The standard InChI is InChI=1S/C20H29N7O2/c1-3-20(2,26-9-11-29-12-10-26)14-21-19(28)22-16-6-4-5-15(13-16)18-23-24-25-27(18)17-7-8-17/h4-6,13,17H,3,7-12,14H2,1-2H3,(H2,21,22,28)/t20-/m0/s1. The monoisotopic (exact) mass is 399 g/mol. The molecule has 29 heavy (non-hydrogen) atoms. The molecule has 1 saturated heterocycles. The minimum absolute atomic E-state index is 0.0880. The van der Waals surface area contributed by atoms with Gasteiger partial charge in [0, 0.05) is 36.4 Å². The van der Waals surface area contributed by atoms with E-state index in [0.29, 0.717) is 12.6 Å². The van der Waals surface area contributed by atoms with Gasteiger partial charge >= 0.3 is 6.03 Å². The molecule has 1 aromatic carbocycles. The Morgan fingerprint density at radius 1 is 1.31 bits per heavy atom. The minimum Gasteiger partial charge on any atom is -0.379 e. The lowest BCUT2D eigenvalue weighted by atomic mass is 9.95. The van der Waals surface area contributed by atoms with Crippen molar-refractivity contribution in [2.45, 2.75) is 44.7 Å². The molecule has 0 spiro atoms. The quantitative estimate of drug-likeness (QED) is 0.741. The number of ether oxygens (including phenoxy) is 1. The summed E-state index contributed by atoms with van der Waals surface area (Å²) in [4.78, 5) is 14.9. The van der Waals surface area contributed by atoms with Crippen LogP contribution in [-0.2, 0) is 4.74 Å². The molecular formula is C20H29N7O2. The molecule has 2 heterocycles. The maximum atomic E-state index is 12.5. The molecule has 1 aliphatic carbocycles. The van der Waals surface area contributed by atoms with Gasteiger partial charge in [0.1, 0.15) is 0 Å². The van der Waals surface area contributed by atoms with Gasteiger partial charge in [-0.05, 0) is 48.7 Å². The molecule has 2 aromatic rings. The molecule has 2 amide bonds. The van der Waals surface area contributed by atoms with Gasteiger partial charge in [-0.3, -0.25) is 4.90 Å². The second kappa shape index (κ2) is 8.46. The Kier molecular flexibility index (Phi) is 5.77. The van der Waals surface area contributed by atoms with Crippen LogP contribution in [0.4, 0.5) is 10.5 Å². The number of urea groups is 1. The van der Waals surface area contributed by atoms with Crippen molar-refractivity contribution in [1.29, 1.82) is 0 Å². The average molecular weight is 399 g/mol. The number of anilines is 1. The third kappa shape index (κ3) is 4.56. The van der Waals surface area contributed by atoms with Crippen molar-refractivity contribution in [3.05, 3.63) is 24.3 Å². The zero-order chi connectivity index (χ0) is 20.3. The Bertz CT molecular complexity index is 845. The summed E-state index contributed by atoms with van der Waals surface area (Å²) < 4.78 is 7.32. The van der Waals surface area contributed by atoms with E-state index in [1.165, 1.54) is 0 Å². The van der Waals surface area contributed by atoms with E-state index in [2.05, 4.69) is 44.9 Å². The van der Waals surface area contributed by atoms with Crippen molar-refractivity contribution in [3.63, 3.8) is 0 Å². The molecule has 0 bridgehead atoms. The first-order chi connectivity index (χ1) is 14.1. The lowest BCUT2D eigenvalue weighted by Gasteiger charge is -2.43. The summed E-state index contributed by atoms with van der Waals surface area (Å²) >= 11 is 0. The number of aromatic nitrogens is 4. The van der Waals surface area contributed by atoms with E-state index >= 15 is 0 Å². The van der Waals surface area contributed by atoms with Crippen molar-refractivity contribution in [2.75, 3.05) is 38.2 Å². The zero-order valence-corrected chi connectivity index (χ0v) is 17.1. The van der Waals surface area contributed by atoms with E-state index in [0.717, 1.165) is 62.6 Å². The van der Waals surface area contributed by atoms with E-state index in [4.69, 9.17) is 4.74 Å². The number of nitrogens with one attached hydrogen (secondary N) is 2. The minimum atomic E-state index is -0.211. The highest BCUT2D eigenvalue weighted by Gasteiger charge is 2.32. The van der Waals surface area contributed by atoms with Crippen molar-refractivity contribution in [3.8, 4) is 11.4 Å². The molecule has 1 saturated carbocycles. The van der Waals surface area contributed by atoms with Crippen LogP contribution in [0.1, 0.15) is 39.2 Å². The number of carbonyl (C=O) groups is 1. The molecule has 1 atom stereocenters. The number of benzene rings is 1. The topological polar surface area (TPSA) is 97.2 Å². The van der Waals surface area contributed by atoms with E-state index in [1.54, 1.807) is 0 Å². The summed E-state index contributed by atoms with van der Waals surface area (Å²) in [5.41, 5.74) is 1.52. The van der Waals surface area contributed by atoms with Crippen molar-refractivity contribution < 1.29 is 9.53 Å². The molecule has 156 valence electrons. The van der Waals surface area contributed by atoms with E-state index in [-0.39, 0.29) is 11.6 Å². The number of rotatable bonds is 7. The summed E-state index contributed by atoms with van der Waals surface area (Å²) in [6.07, 6.45) is 3.17. The number of carbonyl (C=O) groups excluding carboxylic acids is 1. The van der Waals surface area contributed by atoms with E-state index in [9.17, 15) is 4.79 Å². The number of nitrogens with zero attached hydrogens (tertiary/aromatic N) is 5. The first-order valence-corrected chi connectivity index (χ1v) is 10.3. The van der Waals surface area contributed by atoms with Gasteiger partial charge in [-0.25, -0.2) is 9.48 Å². The fourth-order valence-corrected chi connectivity index (χ4v) is 3.69. The maximum absolute atomic E-state index is 12.5. The van der Waals surface area contributed by atoms with Gasteiger partial charge in [-0.1, -0.05) is 19.1 Å². The van der Waals surface area contributed by atoms with Gasteiger partial charge in [-0.15, -0.1) is 5.10 Å². The second-order valence-corrected chi connectivity index (χ2v) is 8.02. The predicted molar refractivity (Wildman–Crippen MR) is 110 cm³/mol. The number of amides is 2. The van der Waals surface area contributed by atoms with Crippen LogP contribution in [0.25, 0.3) is 11.4 Å². The van der Waals surface area contributed by atoms with Crippen LogP contribution in [0.5, 0.6) is 0 Å². The third-order valence-electron chi connectivity index (χ3n) is 5.93. The Hall–Kier alpha value is -2.52. The van der Waals surface area contributed by atoms with Crippen LogP contribution < -0.4 is 10.6 Å². The van der Waals surface area contributed by atoms with Gasteiger partial charge in [0.05, 0.1) is 19.3 Å². The first kappa shape index (κ1) is 19.8. The zero-order valence-electron chi connectivity index (χ0n) is 17.1. The van der Waals surface area contributed by atoms with Gasteiger partial charge in [0.25, 0.3) is 0 Å². The SMILES string of the molecule is CC[C@@](C)(CNC(=O)Nc1cccc(-c2nnnn2C2CC2)c1)N1CCOCC1. The largest absolute Gasteiger partial charge is 0.379 e. The predicted octanol–water partition coefficient (Wildman–Crippen LogP) is 2.30. The number of tetrazole rings is 1. The molecule has 2 N–H and O–H groups in total. The number of hydrogen-bond acceptors (Lipinski definition) is 6. The fraction of sp³-hybridized carbons (Fsp3) is 0.600. The Morgan fingerprint density at radius 2 is 2.10 bits per heavy atom. The molecular weight excluding hydrogens is 370 g/mol. The highest BCUT2D eigenvalue weighted by Crippen LogP contribution is 2.36. The molecule has 9 heteroatoms. The van der Waals surface area contributed by atoms with E-state index in [1.807, 2.05) is 28.9 Å².